The number of carbonyl (C=O) groups excluding carboxylic acids is 2. The lowest BCUT2D eigenvalue weighted by atomic mass is 9.69. The molecule has 1 aliphatic heterocycles. The van der Waals surface area contributed by atoms with Gasteiger partial charge in [-0.3, -0.25) is 4.90 Å². The number of carbonyl (C=O) groups is 2. The van der Waals surface area contributed by atoms with Gasteiger partial charge in [-0.05, 0) is 24.7 Å². The van der Waals surface area contributed by atoms with Crippen LogP contribution in [-0.2, 0) is 9.68 Å². The first-order chi connectivity index (χ1) is 8.82. The Kier molecular flexibility index (Phi) is 3.31. The van der Waals surface area contributed by atoms with Gasteiger partial charge in [0.25, 0.3) is 0 Å². The number of amides is 2. The van der Waals surface area contributed by atoms with Crippen LogP contribution in [0.1, 0.15) is 33.1 Å². The van der Waals surface area contributed by atoms with Crippen LogP contribution < -0.4 is 17.1 Å². The Bertz CT molecular complexity index is 400. The van der Waals surface area contributed by atoms with E-state index >= 15 is 0 Å². The van der Waals surface area contributed by atoms with Gasteiger partial charge in [0, 0.05) is 12.6 Å². The van der Waals surface area contributed by atoms with Crippen molar-refractivity contribution in [2.45, 2.75) is 44.7 Å². The standard InChI is InChI=1S/C11H20N4O4/c1-10(2)3-7(14-8(16)18-12)4-11(5-10)6-15(11)9(17)19-13/h7H,3-6,12-13H2,1-2H3,(H,14,16). The van der Waals surface area contributed by atoms with Crippen molar-refractivity contribution in [3.63, 3.8) is 0 Å². The Hall–Kier alpha value is -1.54. The molecule has 2 atom stereocenters. The molecule has 1 heterocycles. The van der Waals surface area contributed by atoms with Crippen molar-refractivity contribution in [1.82, 2.24) is 10.2 Å². The van der Waals surface area contributed by atoms with Gasteiger partial charge in [0.1, 0.15) is 0 Å². The van der Waals surface area contributed by atoms with Gasteiger partial charge < -0.3 is 15.0 Å². The fraction of sp³-hybridized carbons (Fsp3) is 0.818. The lowest BCUT2D eigenvalue weighted by Gasteiger charge is -2.40. The predicted octanol–water partition coefficient (Wildman–Crippen LogP) is 0.230. The smallest absolute Gasteiger partial charge is 0.357 e. The monoisotopic (exact) mass is 272 g/mol. The molecule has 2 unspecified atom stereocenters. The predicted molar refractivity (Wildman–Crippen MR) is 65.3 cm³/mol. The van der Waals surface area contributed by atoms with E-state index in [1.54, 1.807) is 4.90 Å². The fourth-order valence-electron chi connectivity index (χ4n) is 3.44. The summed E-state index contributed by atoms with van der Waals surface area (Å²) in [5.41, 5.74) is -0.279. The highest BCUT2D eigenvalue weighted by Gasteiger charge is 2.61. The van der Waals surface area contributed by atoms with Gasteiger partial charge in [-0.1, -0.05) is 13.8 Å². The Morgan fingerprint density at radius 1 is 1.26 bits per heavy atom. The van der Waals surface area contributed by atoms with Gasteiger partial charge in [-0.2, -0.15) is 11.8 Å². The molecule has 8 heteroatoms. The van der Waals surface area contributed by atoms with Gasteiger partial charge in [0.15, 0.2) is 0 Å². The maximum atomic E-state index is 11.5. The van der Waals surface area contributed by atoms with Crippen molar-refractivity contribution >= 4 is 12.2 Å². The van der Waals surface area contributed by atoms with Crippen LogP contribution in [0.15, 0.2) is 0 Å². The summed E-state index contributed by atoms with van der Waals surface area (Å²) in [4.78, 5) is 32.7. The molecular weight excluding hydrogens is 252 g/mol. The molecule has 2 fully saturated rings. The molecule has 0 aromatic heterocycles. The van der Waals surface area contributed by atoms with E-state index in [0.717, 1.165) is 12.8 Å². The highest BCUT2D eigenvalue weighted by Crippen LogP contribution is 2.51. The number of nitrogens with zero attached hydrogens (tertiary/aromatic N) is 1. The maximum Gasteiger partial charge on any atom is 0.429 e. The van der Waals surface area contributed by atoms with E-state index in [2.05, 4.69) is 28.8 Å². The molecule has 5 N–H and O–H groups in total. The molecule has 0 aromatic carbocycles. The summed E-state index contributed by atoms with van der Waals surface area (Å²) in [7, 11) is 0. The van der Waals surface area contributed by atoms with Crippen LogP contribution in [0.25, 0.3) is 0 Å². The molecule has 0 aromatic rings. The first-order valence-electron chi connectivity index (χ1n) is 6.17. The van der Waals surface area contributed by atoms with E-state index in [0.29, 0.717) is 13.0 Å². The van der Waals surface area contributed by atoms with E-state index in [4.69, 9.17) is 11.8 Å². The molecule has 2 rings (SSSR count). The van der Waals surface area contributed by atoms with Crippen LogP contribution in [-0.4, -0.2) is 35.2 Å². The zero-order valence-corrected chi connectivity index (χ0v) is 11.1. The minimum atomic E-state index is -0.661. The third kappa shape index (κ3) is 2.74. The summed E-state index contributed by atoms with van der Waals surface area (Å²) in [6.45, 7) is 4.80. The van der Waals surface area contributed by atoms with Gasteiger partial charge in [-0.15, -0.1) is 0 Å². The molecule has 19 heavy (non-hydrogen) atoms. The Morgan fingerprint density at radius 2 is 1.95 bits per heavy atom. The summed E-state index contributed by atoms with van der Waals surface area (Å²) in [5.74, 6) is 9.73. The molecule has 108 valence electrons. The third-order valence-corrected chi connectivity index (χ3v) is 3.90. The third-order valence-electron chi connectivity index (χ3n) is 3.90. The SMILES string of the molecule is CC1(C)CC(NC(=O)ON)CC2(CN2C(=O)ON)C1. The normalized spacial score (nSPS) is 31.8. The topological polar surface area (TPSA) is 120 Å². The first kappa shape index (κ1) is 13.9. The Morgan fingerprint density at radius 3 is 2.53 bits per heavy atom. The van der Waals surface area contributed by atoms with Crippen LogP contribution >= 0.6 is 0 Å². The molecule has 1 aliphatic carbocycles. The molecule has 1 spiro atoms. The van der Waals surface area contributed by atoms with E-state index in [-0.39, 0.29) is 17.0 Å². The number of hydrogen-bond donors (Lipinski definition) is 3. The van der Waals surface area contributed by atoms with Gasteiger partial charge >= 0.3 is 12.2 Å². The quantitative estimate of drug-likeness (QED) is 0.464. The highest BCUT2D eigenvalue weighted by atomic mass is 16.7. The fourth-order valence-corrected chi connectivity index (χ4v) is 3.44. The Balaban J connectivity index is 2.06. The maximum absolute atomic E-state index is 11.5. The van der Waals surface area contributed by atoms with Gasteiger partial charge in [-0.25, -0.2) is 9.59 Å². The van der Waals surface area contributed by atoms with Crippen molar-refractivity contribution in [1.29, 1.82) is 0 Å². The van der Waals surface area contributed by atoms with Crippen molar-refractivity contribution < 1.29 is 19.3 Å². The van der Waals surface area contributed by atoms with Crippen molar-refractivity contribution in [3.05, 3.63) is 0 Å². The molecule has 0 bridgehead atoms. The first-order valence-corrected chi connectivity index (χ1v) is 6.17. The summed E-state index contributed by atoms with van der Waals surface area (Å²) in [6, 6.07) is -0.0876. The summed E-state index contributed by atoms with van der Waals surface area (Å²) in [6.07, 6.45) is 1.12. The van der Waals surface area contributed by atoms with Crippen molar-refractivity contribution in [2.75, 3.05) is 6.54 Å². The van der Waals surface area contributed by atoms with E-state index < -0.39 is 12.2 Å². The molecule has 2 aliphatic rings. The molecular formula is C11H20N4O4. The summed E-state index contributed by atoms with van der Waals surface area (Å²) >= 11 is 0. The highest BCUT2D eigenvalue weighted by molar-refractivity contribution is 5.72. The lowest BCUT2D eigenvalue weighted by Crippen LogP contribution is -2.48. The molecule has 0 radical (unpaired) electrons. The molecule has 8 nitrogen and oxygen atoms in total. The second-order valence-electron chi connectivity index (χ2n) is 6.19. The summed E-state index contributed by atoms with van der Waals surface area (Å²) < 4.78 is 0. The Labute approximate surface area is 111 Å². The zero-order chi connectivity index (χ0) is 14.3. The number of nitrogens with two attached hydrogens (primary N) is 2. The molecule has 1 saturated carbocycles. The second-order valence-corrected chi connectivity index (χ2v) is 6.19. The second kappa shape index (κ2) is 4.53. The minimum absolute atomic E-state index is 0.00553. The number of hydrogen-bond acceptors (Lipinski definition) is 6. The average Bonchev–Trinajstić information content (AvgIpc) is 2.98. The molecule has 2 amide bonds. The van der Waals surface area contributed by atoms with Crippen molar-refractivity contribution in [2.24, 2.45) is 17.2 Å². The van der Waals surface area contributed by atoms with E-state index in [1.165, 1.54) is 0 Å². The van der Waals surface area contributed by atoms with Crippen LogP contribution in [0.3, 0.4) is 0 Å². The van der Waals surface area contributed by atoms with E-state index in [1.807, 2.05) is 0 Å². The summed E-state index contributed by atoms with van der Waals surface area (Å²) in [5, 5.41) is 2.70. The zero-order valence-electron chi connectivity index (χ0n) is 11.1. The number of nitrogens with one attached hydrogen (secondary N) is 1. The van der Waals surface area contributed by atoms with Crippen molar-refractivity contribution in [3.8, 4) is 0 Å². The van der Waals surface area contributed by atoms with Crippen LogP contribution in [0.2, 0.25) is 0 Å². The lowest BCUT2D eigenvalue weighted by molar-refractivity contribution is 0.0954. The van der Waals surface area contributed by atoms with Crippen LogP contribution in [0.4, 0.5) is 9.59 Å². The van der Waals surface area contributed by atoms with Crippen LogP contribution in [0, 0.1) is 5.41 Å². The van der Waals surface area contributed by atoms with Gasteiger partial charge in [0.2, 0.25) is 0 Å². The minimum Gasteiger partial charge on any atom is -0.357 e. The van der Waals surface area contributed by atoms with E-state index in [9.17, 15) is 9.59 Å². The largest absolute Gasteiger partial charge is 0.429 e. The van der Waals surface area contributed by atoms with Crippen LogP contribution in [0.5, 0.6) is 0 Å². The number of rotatable bonds is 1. The molecule has 1 saturated heterocycles. The van der Waals surface area contributed by atoms with Gasteiger partial charge in [0.05, 0.1) is 5.54 Å². The average molecular weight is 272 g/mol.